The normalized spacial score (nSPS) is 20.5. The van der Waals surface area contributed by atoms with Gasteiger partial charge in [0.15, 0.2) is 0 Å². The minimum Gasteiger partial charge on any atom is -0.388 e. The number of aromatic nitrogens is 2. The number of aliphatic hydroxyl groups excluding tert-OH is 1. The summed E-state index contributed by atoms with van der Waals surface area (Å²) in [4.78, 5) is 6.85. The number of nitrogens with zero attached hydrogens (tertiary/aromatic N) is 3. The quantitative estimate of drug-likeness (QED) is 0.888. The van der Waals surface area contributed by atoms with Crippen LogP contribution in [0.15, 0.2) is 42.7 Å². The first-order chi connectivity index (χ1) is 11.3. The number of aryl methyl sites for hydroxylation is 1. The Morgan fingerprint density at radius 3 is 2.96 bits per heavy atom. The maximum atomic E-state index is 10.5. The van der Waals surface area contributed by atoms with Crippen LogP contribution in [0, 0.1) is 0 Å². The molecule has 1 saturated heterocycles. The Balaban J connectivity index is 1.66. The highest BCUT2D eigenvalue weighted by Gasteiger charge is 2.27. The van der Waals surface area contributed by atoms with Crippen LogP contribution in [0.3, 0.4) is 0 Å². The summed E-state index contributed by atoms with van der Waals surface area (Å²) in [5, 5.41) is 10.5. The van der Waals surface area contributed by atoms with Crippen molar-refractivity contribution in [3.05, 3.63) is 54.1 Å². The van der Waals surface area contributed by atoms with Crippen molar-refractivity contribution < 1.29 is 9.84 Å². The van der Waals surface area contributed by atoms with E-state index in [-0.39, 0.29) is 6.04 Å². The summed E-state index contributed by atoms with van der Waals surface area (Å²) < 4.78 is 7.81. The van der Waals surface area contributed by atoms with Crippen LogP contribution < -0.4 is 0 Å². The number of hydrogen-bond donors (Lipinski definition) is 1. The van der Waals surface area contributed by atoms with Gasteiger partial charge in [-0.05, 0) is 18.9 Å². The third kappa shape index (κ3) is 3.99. The minimum atomic E-state index is -0.462. The van der Waals surface area contributed by atoms with Gasteiger partial charge in [0, 0.05) is 31.5 Å². The lowest BCUT2D eigenvalue weighted by atomic mass is 10.0. The van der Waals surface area contributed by atoms with Crippen molar-refractivity contribution >= 4 is 0 Å². The van der Waals surface area contributed by atoms with Gasteiger partial charge < -0.3 is 14.4 Å². The first kappa shape index (κ1) is 16.2. The molecule has 2 heterocycles. The lowest BCUT2D eigenvalue weighted by molar-refractivity contribution is -0.0313. The molecule has 1 N–H and O–H groups in total. The summed E-state index contributed by atoms with van der Waals surface area (Å²) >= 11 is 0. The molecule has 124 valence electrons. The Morgan fingerprint density at radius 2 is 2.17 bits per heavy atom. The van der Waals surface area contributed by atoms with Gasteiger partial charge in [0.2, 0.25) is 0 Å². The number of rotatable bonds is 6. The van der Waals surface area contributed by atoms with Crippen LogP contribution in [-0.2, 0) is 17.8 Å². The highest BCUT2D eigenvalue weighted by Crippen LogP contribution is 2.23. The standard InChI is InChI=1S/C18H25N3O2/c1-2-20-9-8-19-18(20)13-21-10-11-23-14-16(21)12-17(22)15-6-4-3-5-7-15/h3-9,16-17,22H,2,10-14H2,1H3. The van der Waals surface area contributed by atoms with E-state index in [0.717, 1.165) is 37.6 Å². The lowest BCUT2D eigenvalue weighted by Crippen LogP contribution is -2.46. The molecule has 0 amide bonds. The van der Waals surface area contributed by atoms with Crippen LogP contribution in [-0.4, -0.2) is 45.4 Å². The van der Waals surface area contributed by atoms with Gasteiger partial charge in [-0.15, -0.1) is 0 Å². The zero-order valence-electron chi connectivity index (χ0n) is 13.6. The number of imidazole rings is 1. The third-order valence-corrected chi connectivity index (χ3v) is 4.52. The van der Waals surface area contributed by atoms with Crippen molar-refractivity contribution in [2.75, 3.05) is 19.8 Å². The maximum absolute atomic E-state index is 10.5. The van der Waals surface area contributed by atoms with Crippen LogP contribution in [0.25, 0.3) is 0 Å². The Bertz CT molecular complexity index is 599. The smallest absolute Gasteiger partial charge is 0.122 e. The highest BCUT2D eigenvalue weighted by atomic mass is 16.5. The number of ether oxygens (including phenoxy) is 1. The molecule has 2 unspecified atom stereocenters. The Kier molecular flexibility index (Phi) is 5.43. The average Bonchev–Trinajstić information content (AvgIpc) is 3.04. The molecular formula is C18H25N3O2. The average molecular weight is 315 g/mol. The zero-order chi connectivity index (χ0) is 16.1. The summed E-state index contributed by atoms with van der Waals surface area (Å²) in [5.74, 6) is 1.08. The van der Waals surface area contributed by atoms with E-state index in [1.54, 1.807) is 0 Å². The summed E-state index contributed by atoms with van der Waals surface area (Å²) in [6.45, 7) is 6.14. The fraction of sp³-hybridized carbons (Fsp3) is 0.500. The maximum Gasteiger partial charge on any atom is 0.122 e. The van der Waals surface area contributed by atoms with Gasteiger partial charge in [0.25, 0.3) is 0 Å². The van der Waals surface area contributed by atoms with E-state index in [9.17, 15) is 5.11 Å². The van der Waals surface area contributed by atoms with Gasteiger partial charge in [-0.3, -0.25) is 4.90 Å². The van der Waals surface area contributed by atoms with E-state index >= 15 is 0 Å². The molecule has 1 aromatic carbocycles. The van der Waals surface area contributed by atoms with Crippen molar-refractivity contribution in [1.82, 2.24) is 14.5 Å². The molecule has 0 saturated carbocycles. The molecule has 3 rings (SSSR count). The summed E-state index contributed by atoms with van der Waals surface area (Å²) in [6.07, 6.45) is 4.09. The Labute approximate surface area is 137 Å². The molecule has 0 aliphatic carbocycles. The molecule has 23 heavy (non-hydrogen) atoms. The third-order valence-electron chi connectivity index (χ3n) is 4.52. The van der Waals surface area contributed by atoms with Gasteiger partial charge in [-0.25, -0.2) is 4.98 Å². The van der Waals surface area contributed by atoms with Crippen LogP contribution in [0.4, 0.5) is 0 Å². The Morgan fingerprint density at radius 1 is 1.35 bits per heavy atom. The van der Waals surface area contributed by atoms with Crippen molar-refractivity contribution in [1.29, 1.82) is 0 Å². The number of aliphatic hydroxyl groups is 1. The monoisotopic (exact) mass is 315 g/mol. The van der Waals surface area contributed by atoms with E-state index in [1.165, 1.54) is 0 Å². The molecule has 0 radical (unpaired) electrons. The van der Waals surface area contributed by atoms with Crippen LogP contribution in [0.2, 0.25) is 0 Å². The predicted molar refractivity (Wildman–Crippen MR) is 88.9 cm³/mol. The summed E-state index contributed by atoms with van der Waals surface area (Å²) in [6, 6.07) is 10.1. The molecule has 5 heteroatoms. The van der Waals surface area contributed by atoms with Crippen LogP contribution in [0.5, 0.6) is 0 Å². The van der Waals surface area contributed by atoms with Gasteiger partial charge >= 0.3 is 0 Å². The zero-order valence-corrected chi connectivity index (χ0v) is 13.6. The predicted octanol–water partition coefficient (Wildman–Crippen LogP) is 2.23. The van der Waals surface area contributed by atoms with Crippen molar-refractivity contribution in [2.24, 2.45) is 0 Å². The van der Waals surface area contributed by atoms with E-state index < -0.39 is 6.10 Å². The SMILES string of the molecule is CCn1ccnc1CN1CCOCC1CC(O)c1ccccc1. The minimum absolute atomic E-state index is 0.209. The van der Waals surface area contributed by atoms with E-state index in [2.05, 4.69) is 21.4 Å². The second kappa shape index (κ2) is 7.73. The van der Waals surface area contributed by atoms with Crippen LogP contribution >= 0.6 is 0 Å². The number of morpholine rings is 1. The van der Waals surface area contributed by atoms with Crippen molar-refractivity contribution in [2.45, 2.75) is 38.6 Å². The van der Waals surface area contributed by atoms with Gasteiger partial charge in [0.1, 0.15) is 5.82 Å². The fourth-order valence-electron chi connectivity index (χ4n) is 3.14. The first-order valence-corrected chi connectivity index (χ1v) is 8.32. The van der Waals surface area contributed by atoms with Gasteiger partial charge in [-0.2, -0.15) is 0 Å². The molecule has 1 aliphatic heterocycles. The molecule has 0 spiro atoms. The van der Waals surface area contributed by atoms with Crippen molar-refractivity contribution in [3.8, 4) is 0 Å². The largest absolute Gasteiger partial charge is 0.388 e. The first-order valence-electron chi connectivity index (χ1n) is 8.32. The molecule has 1 aliphatic rings. The van der Waals surface area contributed by atoms with E-state index in [0.29, 0.717) is 13.0 Å². The molecular weight excluding hydrogens is 290 g/mol. The second-order valence-corrected chi connectivity index (χ2v) is 5.99. The lowest BCUT2D eigenvalue weighted by Gasteiger charge is -2.36. The molecule has 2 atom stereocenters. The molecule has 5 nitrogen and oxygen atoms in total. The van der Waals surface area contributed by atoms with Gasteiger partial charge in [-0.1, -0.05) is 30.3 Å². The second-order valence-electron chi connectivity index (χ2n) is 5.99. The molecule has 2 aromatic rings. The van der Waals surface area contributed by atoms with E-state index in [1.807, 2.05) is 42.7 Å². The van der Waals surface area contributed by atoms with Gasteiger partial charge in [0.05, 0.1) is 25.9 Å². The number of hydrogen-bond acceptors (Lipinski definition) is 4. The van der Waals surface area contributed by atoms with Crippen LogP contribution in [0.1, 0.15) is 30.8 Å². The summed E-state index contributed by atoms with van der Waals surface area (Å²) in [5.41, 5.74) is 0.966. The Hall–Kier alpha value is -1.69. The molecule has 1 aromatic heterocycles. The highest BCUT2D eigenvalue weighted by molar-refractivity contribution is 5.17. The number of benzene rings is 1. The van der Waals surface area contributed by atoms with E-state index in [4.69, 9.17) is 4.74 Å². The molecule has 1 fully saturated rings. The molecule has 0 bridgehead atoms. The topological polar surface area (TPSA) is 50.5 Å². The summed E-state index contributed by atoms with van der Waals surface area (Å²) in [7, 11) is 0. The fourth-order valence-corrected chi connectivity index (χ4v) is 3.14. The van der Waals surface area contributed by atoms with Crippen molar-refractivity contribution in [3.63, 3.8) is 0 Å².